The summed E-state index contributed by atoms with van der Waals surface area (Å²) in [5.74, 6) is 0.488. The number of aliphatic hydroxyl groups excluding tert-OH is 1. The highest BCUT2D eigenvalue weighted by molar-refractivity contribution is 5.77. The smallest absolute Gasteiger partial charge is 0.339 e. The van der Waals surface area contributed by atoms with E-state index in [0.29, 0.717) is 17.1 Å². The fourth-order valence-corrected chi connectivity index (χ4v) is 2.00. The standard InChI is InChI=1S/C15H22O5/c1-6-20-15(17)14(16)11-8-13(19-5)12(18-4)7-10(11)9(2)3/h7-9,14,16H,6H2,1-5H3. The molecule has 1 rings (SSSR count). The van der Waals surface area contributed by atoms with Gasteiger partial charge in [-0.2, -0.15) is 0 Å². The van der Waals surface area contributed by atoms with E-state index in [-0.39, 0.29) is 12.5 Å². The zero-order valence-corrected chi connectivity index (χ0v) is 12.6. The zero-order valence-electron chi connectivity index (χ0n) is 12.6. The maximum Gasteiger partial charge on any atom is 0.339 e. The predicted molar refractivity (Wildman–Crippen MR) is 75.2 cm³/mol. The number of hydrogen-bond acceptors (Lipinski definition) is 5. The molecule has 1 aromatic rings. The second-order valence-electron chi connectivity index (χ2n) is 4.65. The molecule has 0 radical (unpaired) electrons. The predicted octanol–water partition coefficient (Wildman–Crippen LogP) is 2.42. The number of esters is 1. The number of aliphatic hydroxyl groups is 1. The average molecular weight is 282 g/mol. The number of methoxy groups -OCH3 is 2. The molecule has 0 aliphatic heterocycles. The van der Waals surface area contributed by atoms with Crippen molar-refractivity contribution in [2.45, 2.75) is 32.8 Å². The highest BCUT2D eigenvalue weighted by atomic mass is 16.5. The number of hydrogen-bond donors (Lipinski definition) is 1. The first-order valence-electron chi connectivity index (χ1n) is 6.56. The molecule has 0 aliphatic rings. The van der Waals surface area contributed by atoms with E-state index in [2.05, 4.69) is 0 Å². The Morgan fingerprint density at radius 2 is 1.65 bits per heavy atom. The van der Waals surface area contributed by atoms with Gasteiger partial charge in [0.25, 0.3) is 0 Å². The number of ether oxygens (including phenoxy) is 3. The van der Waals surface area contributed by atoms with Crippen molar-refractivity contribution in [1.29, 1.82) is 0 Å². The number of carbonyl (C=O) groups is 1. The third-order valence-electron chi connectivity index (χ3n) is 3.02. The van der Waals surface area contributed by atoms with Crippen LogP contribution in [0, 0.1) is 0 Å². The molecule has 1 N–H and O–H groups in total. The lowest BCUT2D eigenvalue weighted by molar-refractivity contribution is -0.153. The zero-order chi connectivity index (χ0) is 15.3. The quantitative estimate of drug-likeness (QED) is 0.812. The summed E-state index contributed by atoms with van der Waals surface area (Å²) in [6.45, 7) is 5.87. The molecule has 0 heterocycles. The monoisotopic (exact) mass is 282 g/mol. The molecule has 0 saturated carbocycles. The van der Waals surface area contributed by atoms with Gasteiger partial charge in [0.05, 0.1) is 20.8 Å². The average Bonchev–Trinajstić information content (AvgIpc) is 2.44. The van der Waals surface area contributed by atoms with Gasteiger partial charge in [-0.25, -0.2) is 4.79 Å². The van der Waals surface area contributed by atoms with Crippen LogP contribution in [-0.4, -0.2) is 31.9 Å². The molecule has 0 aliphatic carbocycles. The summed E-state index contributed by atoms with van der Waals surface area (Å²) in [5, 5.41) is 10.2. The molecule has 5 heteroatoms. The second kappa shape index (κ2) is 7.14. The lowest BCUT2D eigenvalue weighted by Gasteiger charge is -2.20. The Balaban J connectivity index is 3.31. The van der Waals surface area contributed by atoms with Crippen molar-refractivity contribution in [3.8, 4) is 11.5 Å². The summed E-state index contributed by atoms with van der Waals surface area (Å²) in [5.41, 5.74) is 1.30. The molecule has 5 nitrogen and oxygen atoms in total. The molecule has 1 atom stereocenters. The molecule has 0 saturated heterocycles. The van der Waals surface area contributed by atoms with Crippen LogP contribution in [-0.2, 0) is 9.53 Å². The van der Waals surface area contributed by atoms with Crippen LogP contribution in [0.4, 0.5) is 0 Å². The molecule has 1 aromatic carbocycles. The minimum atomic E-state index is -1.33. The Hall–Kier alpha value is -1.75. The number of carbonyl (C=O) groups excluding carboxylic acids is 1. The van der Waals surface area contributed by atoms with Gasteiger partial charge in [0, 0.05) is 0 Å². The molecule has 0 bridgehead atoms. The summed E-state index contributed by atoms with van der Waals surface area (Å²) in [6.07, 6.45) is -1.33. The van der Waals surface area contributed by atoms with Crippen LogP contribution in [0.2, 0.25) is 0 Å². The van der Waals surface area contributed by atoms with E-state index >= 15 is 0 Å². The van der Waals surface area contributed by atoms with E-state index in [4.69, 9.17) is 14.2 Å². The first-order valence-corrected chi connectivity index (χ1v) is 6.56. The maximum absolute atomic E-state index is 11.7. The molecule has 0 spiro atoms. The van der Waals surface area contributed by atoms with Crippen molar-refractivity contribution in [3.63, 3.8) is 0 Å². The van der Waals surface area contributed by atoms with Crippen LogP contribution >= 0.6 is 0 Å². The van der Waals surface area contributed by atoms with Crippen molar-refractivity contribution in [2.75, 3.05) is 20.8 Å². The van der Waals surface area contributed by atoms with Crippen molar-refractivity contribution in [1.82, 2.24) is 0 Å². The minimum absolute atomic E-state index is 0.119. The minimum Gasteiger partial charge on any atom is -0.493 e. The van der Waals surface area contributed by atoms with Gasteiger partial charge in [-0.15, -0.1) is 0 Å². The van der Waals surface area contributed by atoms with Crippen molar-refractivity contribution in [2.24, 2.45) is 0 Å². The lowest BCUT2D eigenvalue weighted by atomic mass is 9.93. The summed E-state index contributed by atoms with van der Waals surface area (Å²) >= 11 is 0. The van der Waals surface area contributed by atoms with E-state index < -0.39 is 12.1 Å². The van der Waals surface area contributed by atoms with Gasteiger partial charge in [-0.05, 0) is 36.1 Å². The SMILES string of the molecule is CCOC(=O)C(O)c1cc(OC)c(OC)cc1C(C)C. The Labute approximate surface area is 119 Å². The fraction of sp³-hybridized carbons (Fsp3) is 0.533. The third kappa shape index (κ3) is 3.42. The molecule has 1 unspecified atom stereocenters. The molecule has 20 heavy (non-hydrogen) atoms. The van der Waals surface area contributed by atoms with Gasteiger partial charge in [-0.3, -0.25) is 0 Å². The molecule has 0 fully saturated rings. The Morgan fingerprint density at radius 3 is 2.05 bits per heavy atom. The van der Waals surface area contributed by atoms with Gasteiger partial charge in [0.15, 0.2) is 17.6 Å². The summed E-state index contributed by atoms with van der Waals surface area (Å²) in [4.78, 5) is 11.7. The molecule has 0 aromatic heterocycles. The molecular weight excluding hydrogens is 260 g/mol. The number of benzene rings is 1. The maximum atomic E-state index is 11.7. The highest BCUT2D eigenvalue weighted by Gasteiger charge is 2.25. The van der Waals surface area contributed by atoms with Crippen LogP contribution in [0.5, 0.6) is 11.5 Å². The molecular formula is C15H22O5. The fourth-order valence-electron chi connectivity index (χ4n) is 2.00. The topological polar surface area (TPSA) is 65.0 Å². The van der Waals surface area contributed by atoms with Crippen LogP contribution in [0.1, 0.15) is 43.9 Å². The molecule has 0 amide bonds. The number of rotatable bonds is 6. The van der Waals surface area contributed by atoms with Gasteiger partial charge in [-0.1, -0.05) is 13.8 Å². The third-order valence-corrected chi connectivity index (χ3v) is 3.02. The van der Waals surface area contributed by atoms with Crippen molar-refractivity contribution < 1.29 is 24.1 Å². The molecule has 112 valence electrons. The van der Waals surface area contributed by atoms with Crippen LogP contribution < -0.4 is 9.47 Å². The van der Waals surface area contributed by atoms with Gasteiger partial charge in [0.2, 0.25) is 0 Å². The van der Waals surface area contributed by atoms with Gasteiger partial charge >= 0.3 is 5.97 Å². The largest absolute Gasteiger partial charge is 0.493 e. The second-order valence-corrected chi connectivity index (χ2v) is 4.65. The van der Waals surface area contributed by atoms with Crippen LogP contribution in [0.15, 0.2) is 12.1 Å². The summed E-state index contributed by atoms with van der Waals surface area (Å²) < 4.78 is 15.3. The van der Waals surface area contributed by atoms with Crippen LogP contribution in [0.25, 0.3) is 0 Å². The Morgan fingerprint density at radius 1 is 1.15 bits per heavy atom. The van der Waals surface area contributed by atoms with E-state index in [1.807, 2.05) is 13.8 Å². The normalized spacial score (nSPS) is 12.2. The summed E-state index contributed by atoms with van der Waals surface area (Å²) in [6, 6.07) is 3.40. The lowest BCUT2D eigenvalue weighted by Crippen LogP contribution is -2.17. The Bertz CT molecular complexity index is 468. The van der Waals surface area contributed by atoms with Crippen LogP contribution in [0.3, 0.4) is 0 Å². The van der Waals surface area contributed by atoms with Crippen molar-refractivity contribution >= 4 is 5.97 Å². The summed E-state index contributed by atoms with van der Waals surface area (Å²) in [7, 11) is 3.05. The first-order chi connectivity index (χ1) is 9.46. The van der Waals surface area contributed by atoms with E-state index in [9.17, 15) is 9.90 Å². The first kappa shape index (κ1) is 16.3. The van der Waals surface area contributed by atoms with E-state index in [1.165, 1.54) is 7.11 Å². The van der Waals surface area contributed by atoms with E-state index in [1.54, 1.807) is 26.2 Å². The van der Waals surface area contributed by atoms with E-state index in [0.717, 1.165) is 5.56 Å². The highest BCUT2D eigenvalue weighted by Crippen LogP contribution is 2.36. The Kier molecular flexibility index (Phi) is 5.82. The van der Waals surface area contributed by atoms with Crippen molar-refractivity contribution in [3.05, 3.63) is 23.3 Å². The van der Waals surface area contributed by atoms with Gasteiger partial charge < -0.3 is 19.3 Å². The van der Waals surface area contributed by atoms with Gasteiger partial charge in [0.1, 0.15) is 0 Å².